The first-order valence-corrected chi connectivity index (χ1v) is 24.8. The summed E-state index contributed by atoms with van der Waals surface area (Å²) in [6.07, 6.45) is 0. The van der Waals surface area contributed by atoms with Gasteiger partial charge in [0.1, 0.15) is 0 Å². The summed E-state index contributed by atoms with van der Waals surface area (Å²) in [5.41, 5.74) is 13.7. The fraction of sp³-hybridized carbons (Fsp3) is 0.357. The maximum absolute atomic E-state index is 3.34. The van der Waals surface area contributed by atoms with E-state index in [2.05, 4.69) is 106 Å². The van der Waals surface area contributed by atoms with Gasteiger partial charge in [0.05, 0.1) is 0 Å². The Bertz CT molecular complexity index is 1210. The third kappa shape index (κ3) is 3.01. The zero-order chi connectivity index (χ0) is 22.0. The monoisotopic (exact) mass is 490 g/mol. The zero-order valence-electron chi connectivity index (χ0n) is 20.0. The molecule has 4 rings (SSSR count). The average molecular weight is 492 g/mol. The second-order valence-corrected chi connectivity index (χ2v) is 40.2. The van der Waals surface area contributed by atoms with Gasteiger partial charge in [-0.15, -0.1) is 0 Å². The second-order valence-electron chi connectivity index (χ2n) is 10.8. The third-order valence-corrected chi connectivity index (χ3v) is 25.7. The van der Waals surface area contributed by atoms with Crippen molar-refractivity contribution < 1.29 is 17.4 Å². The summed E-state index contributed by atoms with van der Waals surface area (Å²) < 4.78 is 7.86. The fourth-order valence-electron chi connectivity index (χ4n) is 6.77. The fourth-order valence-corrected chi connectivity index (χ4v) is 28.5. The molecule has 0 nitrogen and oxygen atoms in total. The molecule has 2 unspecified atom stereocenters. The van der Waals surface area contributed by atoms with Gasteiger partial charge in [-0.2, -0.15) is 0 Å². The SMILES string of the molecule is CC1=C(C)C(C)[C]([Zr]([CH3])([CH3])(=[SiH2])[CH]2C(C)=C(C)c3c(-c4ccccc4)cccc32)=C1C. The van der Waals surface area contributed by atoms with Crippen LogP contribution < -0.4 is 0 Å². The van der Waals surface area contributed by atoms with Gasteiger partial charge in [-0.1, -0.05) is 0 Å². The molecular formula is C28H36SiZr. The molecule has 2 aromatic carbocycles. The quantitative estimate of drug-likeness (QED) is 0.384. The molecule has 156 valence electrons. The molecule has 0 radical (unpaired) electrons. The van der Waals surface area contributed by atoms with Crippen molar-refractivity contribution in [1.29, 1.82) is 0 Å². The van der Waals surface area contributed by atoms with E-state index in [0.717, 1.165) is 0 Å². The minimum absolute atomic E-state index is 0.592. The van der Waals surface area contributed by atoms with Crippen LogP contribution >= 0.6 is 0 Å². The first-order valence-electron chi connectivity index (χ1n) is 11.3. The van der Waals surface area contributed by atoms with Crippen molar-refractivity contribution in [3.8, 4) is 11.1 Å². The van der Waals surface area contributed by atoms with Gasteiger partial charge in [-0.25, -0.2) is 0 Å². The minimum atomic E-state index is -3.34. The number of allylic oxidation sites excluding steroid dienone is 6. The molecule has 2 atom stereocenters. The van der Waals surface area contributed by atoms with Crippen LogP contribution in [0.15, 0.2) is 74.1 Å². The number of hydrogen-bond acceptors (Lipinski definition) is 0. The van der Waals surface area contributed by atoms with E-state index in [1.807, 2.05) is 3.28 Å². The molecule has 2 aliphatic carbocycles. The molecule has 0 heterocycles. The van der Waals surface area contributed by atoms with Crippen LogP contribution in [0.1, 0.15) is 56.3 Å². The molecule has 0 spiro atoms. The van der Waals surface area contributed by atoms with Crippen molar-refractivity contribution in [1.82, 2.24) is 0 Å². The van der Waals surface area contributed by atoms with E-state index in [-0.39, 0.29) is 0 Å². The number of rotatable bonds is 3. The van der Waals surface area contributed by atoms with Crippen molar-refractivity contribution >= 4 is 12.5 Å². The van der Waals surface area contributed by atoms with Gasteiger partial charge in [0.15, 0.2) is 0 Å². The Morgan fingerprint density at radius 1 is 0.733 bits per heavy atom. The van der Waals surface area contributed by atoms with Crippen LogP contribution in [0.2, 0.25) is 9.26 Å². The maximum atomic E-state index is 2.72. The Morgan fingerprint density at radius 3 is 1.93 bits per heavy atom. The number of hydrogen-bond donors (Lipinski definition) is 0. The molecule has 2 aromatic rings. The molecular weight excluding hydrogens is 456 g/mol. The molecule has 0 aliphatic heterocycles. The average Bonchev–Trinajstić information content (AvgIpc) is 3.08. The van der Waals surface area contributed by atoms with Crippen LogP contribution in [-0.4, -0.2) is 6.88 Å². The first-order chi connectivity index (χ1) is 14.0. The Labute approximate surface area is 185 Å². The zero-order valence-corrected chi connectivity index (χ0v) is 23.9. The summed E-state index contributed by atoms with van der Waals surface area (Å²) in [7, 11) is 0. The molecule has 2 heteroatoms. The van der Waals surface area contributed by atoms with Gasteiger partial charge in [-0.05, 0) is 0 Å². The van der Waals surface area contributed by atoms with Gasteiger partial charge >= 0.3 is 187 Å². The molecule has 30 heavy (non-hydrogen) atoms. The van der Waals surface area contributed by atoms with Crippen LogP contribution in [0.5, 0.6) is 0 Å². The predicted molar refractivity (Wildman–Crippen MR) is 133 cm³/mol. The Morgan fingerprint density at radius 2 is 1.37 bits per heavy atom. The van der Waals surface area contributed by atoms with Crippen molar-refractivity contribution in [3.05, 3.63) is 85.2 Å². The Hall–Kier alpha value is -1.24. The van der Waals surface area contributed by atoms with Gasteiger partial charge in [0, 0.05) is 0 Å². The van der Waals surface area contributed by atoms with E-state index < -0.39 is 17.4 Å². The van der Waals surface area contributed by atoms with E-state index in [0.29, 0.717) is 9.54 Å². The van der Waals surface area contributed by atoms with Crippen LogP contribution in [0.4, 0.5) is 0 Å². The summed E-state index contributed by atoms with van der Waals surface area (Å²) in [5.74, 6) is 0.595. The molecule has 0 amide bonds. The third-order valence-electron chi connectivity index (χ3n) is 8.34. The van der Waals surface area contributed by atoms with E-state index in [1.54, 1.807) is 27.9 Å². The standard InChI is InChI=1S/C17H15.C9H13.2CH3.H2Si.Zr/c1-12-11-15-9-6-10-16(17(15)13(12)2)14-7-4-3-5-8-14;1-6-5-7(2)9(4)8(6)3;;;;/h3-11H,1-2H3;6H,1-4H3;2*1H3;1H2;. The number of fused-ring (bicyclic) bond motifs is 1. The Balaban J connectivity index is 1.97. The second kappa shape index (κ2) is 7.14. The van der Waals surface area contributed by atoms with E-state index in [1.165, 1.54) is 22.3 Å². The van der Waals surface area contributed by atoms with Gasteiger partial charge in [0.2, 0.25) is 0 Å². The van der Waals surface area contributed by atoms with Crippen molar-refractivity contribution in [2.75, 3.05) is 0 Å². The van der Waals surface area contributed by atoms with Crippen LogP contribution in [0.3, 0.4) is 0 Å². The summed E-state index contributed by atoms with van der Waals surface area (Å²) >= 11 is -3.34. The van der Waals surface area contributed by atoms with E-state index in [9.17, 15) is 0 Å². The Kier molecular flexibility index (Phi) is 5.23. The number of benzene rings is 2. The topological polar surface area (TPSA) is 0 Å². The van der Waals surface area contributed by atoms with Gasteiger partial charge in [0.25, 0.3) is 0 Å². The summed E-state index contributed by atoms with van der Waals surface area (Å²) in [6.45, 7) is 16.8. The van der Waals surface area contributed by atoms with Crippen LogP contribution in [0.25, 0.3) is 16.7 Å². The van der Waals surface area contributed by atoms with E-state index >= 15 is 0 Å². The summed E-state index contributed by atoms with van der Waals surface area (Å²) in [5, 5.41) is 0. The molecule has 0 saturated heterocycles. The van der Waals surface area contributed by atoms with Crippen molar-refractivity contribution in [3.63, 3.8) is 0 Å². The van der Waals surface area contributed by atoms with Crippen LogP contribution in [-0.2, 0) is 17.4 Å². The molecule has 0 saturated carbocycles. The molecule has 0 fully saturated rings. The molecule has 0 N–H and O–H groups in total. The summed E-state index contributed by atoms with van der Waals surface area (Å²) in [6, 6.07) is 18.0. The van der Waals surface area contributed by atoms with Crippen molar-refractivity contribution in [2.24, 2.45) is 5.92 Å². The van der Waals surface area contributed by atoms with E-state index in [4.69, 9.17) is 0 Å². The normalized spacial score (nSPS) is 22.3. The van der Waals surface area contributed by atoms with Crippen LogP contribution in [0, 0.1) is 5.92 Å². The first kappa shape index (κ1) is 22.0. The molecule has 0 bridgehead atoms. The summed E-state index contributed by atoms with van der Waals surface area (Å²) in [4.78, 5) is 0. The molecule has 2 aliphatic rings. The predicted octanol–water partition coefficient (Wildman–Crippen LogP) is 7.80. The molecule has 0 aromatic heterocycles. The van der Waals surface area contributed by atoms with Crippen molar-refractivity contribution in [2.45, 2.75) is 54.4 Å². The van der Waals surface area contributed by atoms with Gasteiger partial charge < -0.3 is 0 Å². The van der Waals surface area contributed by atoms with Gasteiger partial charge in [-0.3, -0.25) is 0 Å².